The second-order valence-corrected chi connectivity index (χ2v) is 4.94. The van der Waals surface area contributed by atoms with E-state index in [1.807, 2.05) is 6.29 Å². The molecule has 83 valence electrons. The van der Waals surface area contributed by atoms with Gasteiger partial charge in [0.25, 0.3) is 0 Å². The predicted molar refractivity (Wildman–Crippen MR) is 61.0 cm³/mol. The van der Waals surface area contributed by atoms with Gasteiger partial charge in [0.05, 0.1) is 0 Å². The fourth-order valence-corrected chi connectivity index (χ4v) is 1.62. The van der Waals surface area contributed by atoms with Gasteiger partial charge in [0, 0.05) is 25.6 Å². The third kappa shape index (κ3) is 6.14. The van der Waals surface area contributed by atoms with Gasteiger partial charge in [0.2, 0.25) is 0 Å². The van der Waals surface area contributed by atoms with Crippen molar-refractivity contribution in [3.8, 4) is 0 Å². The molecule has 0 spiro atoms. The highest BCUT2D eigenvalue weighted by Crippen LogP contribution is 2.09. The van der Waals surface area contributed by atoms with Crippen LogP contribution in [0.1, 0.15) is 41.0 Å². The van der Waals surface area contributed by atoms with Crippen LogP contribution in [-0.4, -0.2) is 30.3 Å². The molecule has 0 aromatic heterocycles. The topological polar surface area (TPSA) is 20.3 Å². The highest BCUT2D eigenvalue weighted by Gasteiger charge is 2.15. The van der Waals surface area contributed by atoms with Crippen LogP contribution in [0.25, 0.3) is 0 Å². The molecule has 0 aromatic carbocycles. The molecule has 0 aliphatic rings. The van der Waals surface area contributed by atoms with Crippen molar-refractivity contribution in [3.05, 3.63) is 0 Å². The summed E-state index contributed by atoms with van der Waals surface area (Å²) in [5.41, 5.74) is 0. The van der Waals surface area contributed by atoms with Crippen molar-refractivity contribution in [1.82, 2.24) is 4.90 Å². The second kappa shape index (κ2) is 6.99. The third-order valence-corrected chi connectivity index (χ3v) is 2.20. The first-order valence-corrected chi connectivity index (χ1v) is 5.56. The van der Waals surface area contributed by atoms with E-state index in [0.29, 0.717) is 24.3 Å². The summed E-state index contributed by atoms with van der Waals surface area (Å²) in [6.45, 7) is 13.1. The quantitative estimate of drug-likeness (QED) is 0.626. The Balaban J connectivity index is 4.14. The summed E-state index contributed by atoms with van der Waals surface area (Å²) < 4.78 is 0. The Morgan fingerprint density at radius 3 is 1.71 bits per heavy atom. The molecule has 0 bridgehead atoms. The number of hydrogen-bond donors (Lipinski definition) is 0. The van der Waals surface area contributed by atoms with E-state index in [-0.39, 0.29) is 0 Å². The molecular formula is C12H24NO. The van der Waals surface area contributed by atoms with Gasteiger partial charge in [-0.05, 0) is 18.8 Å². The van der Waals surface area contributed by atoms with Gasteiger partial charge in [-0.25, -0.2) is 0 Å². The van der Waals surface area contributed by atoms with Crippen molar-refractivity contribution >= 4 is 6.29 Å². The van der Waals surface area contributed by atoms with Crippen LogP contribution >= 0.6 is 0 Å². The number of hydrogen-bond acceptors (Lipinski definition) is 2. The average Bonchev–Trinajstić information content (AvgIpc) is 2.01. The van der Waals surface area contributed by atoms with Crippen molar-refractivity contribution in [2.24, 2.45) is 11.8 Å². The molecule has 1 unspecified atom stereocenters. The Labute approximate surface area is 88.7 Å². The van der Waals surface area contributed by atoms with Gasteiger partial charge in [-0.1, -0.05) is 27.7 Å². The molecule has 0 saturated carbocycles. The van der Waals surface area contributed by atoms with E-state index in [4.69, 9.17) is 0 Å². The van der Waals surface area contributed by atoms with Gasteiger partial charge < -0.3 is 0 Å². The number of nitrogens with zero attached hydrogens (tertiary/aromatic N) is 1. The minimum Gasteiger partial charge on any atom is -0.300 e. The molecule has 0 amide bonds. The monoisotopic (exact) mass is 198 g/mol. The lowest BCUT2D eigenvalue weighted by Gasteiger charge is -2.30. The molecule has 2 heteroatoms. The van der Waals surface area contributed by atoms with Crippen LogP contribution in [0.5, 0.6) is 0 Å². The minimum absolute atomic E-state index is 0.331. The van der Waals surface area contributed by atoms with Crippen molar-refractivity contribution in [2.45, 2.75) is 47.1 Å². The molecule has 0 fully saturated rings. The molecule has 0 N–H and O–H groups in total. The van der Waals surface area contributed by atoms with Crippen LogP contribution in [-0.2, 0) is 4.79 Å². The maximum atomic E-state index is 10.3. The lowest BCUT2D eigenvalue weighted by Crippen LogP contribution is -2.38. The van der Waals surface area contributed by atoms with Crippen molar-refractivity contribution in [2.75, 3.05) is 13.1 Å². The van der Waals surface area contributed by atoms with Gasteiger partial charge in [-0.2, -0.15) is 0 Å². The van der Waals surface area contributed by atoms with E-state index in [1.165, 1.54) is 0 Å². The van der Waals surface area contributed by atoms with Crippen LogP contribution in [0.3, 0.4) is 0 Å². The number of carbonyl (C=O) groups excluding carboxylic acids is 1. The first-order valence-electron chi connectivity index (χ1n) is 5.56. The molecule has 1 radical (unpaired) electrons. The lowest BCUT2D eigenvalue weighted by molar-refractivity contribution is 0.169. The maximum absolute atomic E-state index is 10.3. The summed E-state index contributed by atoms with van der Waals surface area (Å²) in [6.07, 6.45) is 2.53. The first kappa shape index (κ1) is 13.6. The molecule has 2 nitrogen and oxygen atoms in total. The normalized spacial score (nSPS) is 14.0. The van der Waals surface area contributed by atoms with Crippen molar-refractivity contribution in [3.63, 3.8) is 0 Å². The summed E-state index contributed by atoms with van der Waals surface area (Å²) in [5, 5.41) is 0. The van der Waals surface area contributed by atoms with Crippen LogP contribution in [0.4, 0.5) is 0 Å². The van der Waals surface area contributed by atoms with E-state index < -0.39 is 0 Å². The summed E-state index contributed by atoms with van der Waals surface area (Å²) in [7, 11) is 0. The SMILES string of the molecule is CC(C)CN(CC(C)C)C(C)C[C]=O. The van der Waals surface area contributed by atoms with E-state index in [1.54, 1.807) is 0 Å². The fourth-order valence-electron chi connectivity index (χ4n) is 1.62. The Morgan fingerprint density at radius 1 is 1.00 bits per heavy atom. The Bertz CT molecular complexity index is 144. The van der Waals surface area contributed by atoms with Gasteiger partial charge >= 0.3 is 0 Å². The Hall–Kier alpha value is -0.370. The van der Waals surface area contributed by atoms with Gasteiger partial charge in [-0.3, -0.25) is 9.69 Å². The average molecular weight is 198 g/mol. The lowest BCUT2D eigenvalue weighted by atomic mass is 10.1. The highest BCUT2D eigenvalue weighted by molar-refractivity contribution is 5.51. The first-order chi connectivity index (χ1) is 6.47. The van der Waals surface area contributed by atoms with E-state index in [0.717, 1.165) is 13.1 Å². The summed E-state index contributed by atoms with van der Waals surface area (Å²) >= 11 is 0. The Morgan fingerprint density at radius 2 is 1.43 bits per heavy atom. The predicted octanol–water partition coefficient (Wildman–Crippen LogP) is 2.49. The molecule has 1 atom stereocenters. The van der Waals surface area contributed by atoms with Gasteiger partial charge in [0.1, 0.15) is 0 Å². The smallest absolute Gasteiger partial charge is 0.199 e. The van der Waals surface area contributed by atoms with Crippen LogP contribution in [0, 0.1) is 11.8 Å². The molecule has 0 aliphatic carbocycles. The number of rotatable bonds is 7. The van der Waals surface area contributed by atoms with E-state index in [9.17, 15) is 4.79 Å². The summed E-state index contributed by atoms with van der Waals surface area (Å²) in [4.78, 5) is 12.7. The van der Waals surface area contributed by atoms with E-state index in [2.05, 4.69) is 39.5 Å². The van der Waals surface area contributed by atoms with Gasteiger partial charge in [-0.15, -0.1) is 0 Å². The molecule has 14 heavy (non-hydrogen) atoms. The molecule has 0 aliphatic heterocycles. The summed E-state index contributed by atoms with van der Waals surface area (Å²) in [6, 6.07) is 0.331. The molecule has 0 heterocycles. The largest absolute Gasteiger partial charge is 0.300 e. The zero-order valence-corrected chi connectivity index (χ0v) is 10.2. The molecule has 0 saturated heterocycles. The van der Waals surface area contributed by atoms with Crippen molar-refractivity contribution in [1.29, 1.82) is 0 Å². The Kier molecular flexibility index (Phi) is 6.81. The minimum atomic E-state index is 0.331. The second-order valence-electron chi connectivity index (χ2n) is 4.94. The zero-order valence-electron chi connectivity index (χ0n) is 10.2. The van der Waals surface area contributed by atoms with Crippen LogP contribution in [0.15, 0.2) is 0 Å². The van der Waals surface area contributed by atoms with Crippen molar-refractivity contribution < 1.29 is 4.79 Å². The molecule has 0 rings (SSSR count). The zero-order chi connectivity index (χ0) is 11.1. The standard InChI is InChI=1S/C12H24NO/c1-10(2)8-13(9-11(3)4)12(5)6-7-14/h10-12H,6,8-9H2,1-5H3. The molecular weight excluding hydrogens is 174 g/mol. The maximum Gasteiger partial charge on any atom is 0.199 e. The fraction of sp³-hybridized carbons (Fsp3) is 0.917. The van der Waals surface area contributed by atoms with E-state index >= 15 is 0 Å². The highest BCUT2D eigenvalue weighted by atomic mass is 16.1. The summed E-state index contributed by atoms with van der Waals surface area (Å²) in [5.74, 6) is 1.31. The van der Waals surface area contributed by atoms with Crippen LogP contribution in [0.2, 0.25) is 0 Å². The molecule has 0 aromatic rings. The van der Waals surface area contributed by atoms with Gasteiger partial charge in [0.15, 0.2) is 6.29 Å². The third-order valence-electron chi connectivity index (χ3n) is 2.20. The van der Waals surface area contributed by atoms with Crippen LogP contribution < -0.4 is 0 Å².